The molecule has 5 heteroatoms. The highest BCUT2D eigenvalue weighted by atomic mass is 16.3. The molecule has 1 heterocycles. The third-order valence-corrected chi connectivity index (χ3v) is 3.82. The smallest absolute Gasteiger partial charge is 0.243 e. The number of nitrogens with zero attached hydrogens (tertiary/aromatic N) is 3. The van der Waals surface area contributed by atoms with Crippen LogP contribution in [-0.4, -0.2) is 32.9 Å². The Hall–Kier alpha value is -1.75. The monoisotopic (exact) mass is 258 g/mol. The molecule has 0 radical (unpaired) electrons. The van der Waals surface area contributed by atoms with E-state index in [0.29, 0.717) is 11.9 Å². The highest BCUT2D eigenvalue weighted by Crippen LogP contribution is 2.26. The lowest BCUT2D eigenvalue weighted by molar-refractivity contribution is 0.178. The topological polar surface area (TPSA) is 70.9 Å². The van der Waals surface area contributed by atoms with E-state index in [1.807, 2.05) is 24.3 Å². The fourth-order valence-corrected chi connectivity index (χ4v) is 2.72. The Morgan fingerprint density at radius 2 is 1.89 bits per heavy atom. The van der Waals surface area contributed by atoms with Gasteiger partial charge in [-0.1, -0.05) is 25.0 Å². The number of anilines is 1. The molecule has 19 heavy (non-hydrogen) atoms. The van der Waals surface area contributed by atoms with Crippen LogP contribution in [0.5, 0.6) is 0 Å². The van der Waals surface area contributed by atoms with Gasteiger partial charge >= 0.3 is 0 Å². The highest BCUT2D eigenvalue weighted by Gasteiger charge is 2.25. The van der Waals surface area contributed by atoms with Crippen molar-refractivity contribution < 1.29 is 5.11 Å². The molecule has 1 fully saturated rings. The standard InChI is InChI=1S/C14H18N4O/c19-9-10-5-1-2-6-11(10)15-14-16-12-7-3-4-8-13(12)17-18-14/h3-4,7-8,10-11,19H,1-2,5-6,9H2,(H,15,16,18). The number of benzene rings is 1. The van der Waals surface area contributed by atoms with E-state index in [1.165, 1.54) is 12.8 Å². The fraction of sp³-hybridized carbons (Fsp3) is 0.500. The second kappa shape index (κ2) is 5.48. The number of aliphatic hydroxyl groups is 1. The lowest BCUT2D eigenvalue weighted by Crippen LogP contribution is -2.35. The average Bonchev–Trinajstić information content (AvgIpc) is 2.48. The number of hydrogen-bond donors (Lipinski definition) is 2. The van der Waals surface area contributed by atoms with E-state index in [2.05, 4.69) is 20.5 Å². The molecule has 2 atom stereocenters. The molecule has 1 aromatic carbocycles. The third kappa shape index (κ3) is 2.66. The van der Waals surface area contributed by atoms with E-state index in [-0.39, 0.29) is 12.6 Å². The number of nitrogens with one attached hydrogen (secondary N) is 1. The van der Waals surface area contributed by atoms with E-state index >= 15 is 0 Å². The second-order valence-corrected chi connectivity index (χ2v) is 5.10. The molecule has 0 spiro atoms. The highest BCUT2D eigenvalue weighted by molar-refractivity contribution is 5.74. The van der Waals surface area contributed by atoms with Crippen LogP contribution in [0.1, 0.15) is 25.7 Å². The molecular formula is C14H18N4O. The zero-order valence-electron chi connectivity index (χ0n) is 10.8. The zero-order chi connectivity index (χ0) is 13.1. The predicted molar refractivity (Wildman–Crippen MR) is 73.8 cm³/mol. The molecule has 2 aromatic rings. The predicted octanol–water partition coefficient (Wildman–Crippen LogP) is 1.99. The van der Waals surface area contributed by atoms with Crippen molar-refractivity contribution in [2.75, 3.05) is 11.9 Å². The van der Waals surface area contributed by atoms with Crippen molar-refractivity contribution in [1.82, 2.24) is 15.2 Å². The molecular weight excluding hydrogens is 240 g/mol. The molecule has 1 aromatic heterocycles. The van der Waals surface area contributed by atoms with Crippen molar-refractivity contribution in [2.24, 2.45) is 5.92 Å². The van der Waals surface area contributed by atoms with Crippen LogP contribution in [0.3, 0.4) is 0 Å². The Bertz CT molecular complexity index is 560. The number of para-hydroxylation sites is 1. The van der Waals surface area contributed by atoms with Gasteiger partial charge < -0.3 is 10.4 Å². The summed E-state index contributed by atoms with van der Waals surface area (Å²) < 4.78 is 0. The maximum Gasteiger partial charge on any atom is 0.243 e. The van der Waals surface area contributed by atoms with Gasteiger partial charge in [0, 0.05) is 18.6 Å². The van der Waals surface area contributed by atoms with Crippen molar-refractivity contribution in [3.8, 4) is 0 Å². The summed E-state index contributed by atoms with van der Waals surface area (Å²) in [5.41, 5.74) is 1.65. The molecule has 2 N–H and O–H groups in total. The molecule has 5 nitrogen and oxygen atoms in total. The van der Waals surface area contributed by atoms with Gasteiger partial charge in [-0.15, -0.1) is 10.2 Å². The van der Waals surface area contributed by atoms with Gasteiger partial charge in [0.2, 0.25) is 5.95 Å². The van der Waals surface area contributed by atoms with Crippen molar-refractivity contribution >= 4 is 17.0 Å². The van der Waals surface area contributed by atoms with E-state index in [9.17, 15) is 5.11 Å². The van der Waals surface area contributed by atoms with Gasteiger partial charge in [-0.25, -0.2) is 4.98 Å². The lowest BCUT2D eigenvalue weighted by atomic mass is 9.85. The number of rotatable bonds is 3. The quantitative estimate of drug-likeness (QED) is 0.881. The summed E-state index contributed by atoms with van der Waals surface area (Å²) in [6, 6.07) is 7.95. The third-order valence-electron chi connectivity index (χ3n) is 3.82. The van der Waals surface area contributed by atoms with Crippen LogP contribution < -0.4 is 5.32 Å². The Balaban J connectivity index is 1.80. The van der Waals surface area contributed by atoms with E-state index in [0.717, 1.165) is 23.9 Å². The van der Waals surface area contributed by atoms with Crippen LogP contribution >= 0.6 is 0 Å². The first-order chi connectivity index (χ1) is 9.36. The van der Waals surface area contributed by atoms with Crippen LogP contribution in [0, 0.1) is 5.92 Å². The minimum atomic E-state index is 0.221. The van der Waals surface area contributed by atoms with Gasteiger partial charge in [0.15, 0.2) is 0 Å². The molecule has 0 aliphatic heterocycles. The molecule has 100 valence electrons. The molecule has 0 amide bonds. The molecule has 0 saturated heterocycles. The van der Waals surface area contributed by atoms with Crippen molar-refractivity contribution in [3.63, 3.8) is 0 Å². The first-order valence-corrected chi connectivity index (χ1v) is 6.83. The van der Waals surface area contributed by atoms with Crippen molar-refractivity contribution in [3.05, 3.63) is 24.3 Å². The maximum absolute atomic E-state index is 9.41. The molecule has 1 aliphatic carbocycles. The number of aromatic nitrogens is 3. The summed E-state index contributed by atoms with van der Waals surface area (Å²) in [4.78, 5) is 4.47. The summed E-state index contributed by atoms with van der Waals surface area (Å²) >= 11 is 0. The number of aliphatic hydroxyl groups excluding tert-OH is 1. The lowest BCUT2D eigenvalue weighted by Gasteiger charge is -2.30. The number of fused-ring (bicyclic) bond motifs is 1. The minimum Gasteiger partial charge on any atom is -0.396 e. The molecule has 0 bridgehead atoms. The Labute approximate surface area is 112 Å². The first-order valence-electron chi connectivity index (χ1n) is 6.83. The summed E-state index contributed by atoms with van der Waals surface area (Å²) in [6.07, 6.45) is 4.51. The van der Waals surface area contributed by atoms with Crippen LogP contribution in [0.4, 0.5) is 5.95 Å². The Kier molecular flexibility index (Phi) is 3.55. The van der Waals surface area contributed by atoms with Crippen LogP contribution in [0.25, 0.3) is 11.0 Å². The maximum atomic E-state index is 9.41. The van der Waals surface area contributed by atoms with Crippen LogP contribution in [0.2, 0.25) is 0 Å². The van der Waals surface area contributed by atoms with Gasteiger partial charge in [-0.3, -0.25) is 0 Å². The summed E-state index contributed by atoms with van der Waals surface area (Å²) in [5.74, 6) is 0.855. The van der Waals surface area contributed by atoms with Gasteiger partial charge in [-0.2, -0.15) is 0 Å². The Morgan fingerprint density at radius 3 is 2.74 bits per heavy atom. The first kappa shape index (κ1) is 12.3. The van der Waals surface area contributed by atoms with Gasteiger partial charge in [0.25, 0.3) is 0 Å². The minimum absolute atomic E-state index is 0.221. The van der Waals surface area contributed by atoms with Crippen molar-refractivity contribution in [1.29, 1.82) is 0 Å². The summed E-state index contributed by atoms with van der Waals surface area (Å²) in [6.45, 7) is 0.221. The molecule has 3 rings (SSSR count). The van der Waals surface area contributed by atoms with Gasteiger partial charge in [-0.05, 0) is 25.0 Å². The zero-order valence-corrected chi connectivity index (χ0v) is 10.8. The summed E-state index contributed by atoms with van der Waals surface area (Å²) in [5, 5.41) is 21.0. The van der Waals surface area contributed by atoms with Gasteiger partial charge in [0.1, 0.15) is 5.52 Å². The van der Waals surface area contributed by atoms with E-state index in [1.54, 1.807) is 0 Å². The summed E-state index contributed by atoms with van der Waals surface area (Å²) in [7, 11) is 0. The van der Waals surface area contributed by atoms with Crippen LogP contribution in [-0.2, 0) is 0 Å². The van der Waals surface area contributed by atoms with Gasteiger partial charge in [0.05, 0.1) is 5.52 Å². The Morgan fingerprint density at radius 1 is 1.11 bits per heavy atom. The normalized spacial score (nSPS) is 23.4. The van der Waals surface area contributed by atoms with Crippen LogP contribution in [0.15, 0.2) is 24.3 Å². The molecule has 2 unspecified atom stereocenters. The number of hydrogen-bond acceptors (Lipinski definition) is 5. The largest absolute Gasteiger partial charge is 0.396 e. The van der Waals surface area contributed by atoms with E-state index in [4.69, 9.17) is 0 Å². The van der Waals surface area contributed by atoms with Crippen molar-refractivity contribution in [2.45, 2.75) is 31.7 Å². The fourth-order valence-electron chi connectivity index (χ4n) is 2.72. The average molecular weight is 258 g/mol. The van der Waals surface area contributed by atoms with E-state index < -0.39 is 0 Å². The second-order valence-electron chi connectivity index (χ2n) is 5.10. The molecule has 1 saturated carbocycles. The SMILES string of the molecule is OCC1CCCCC1Nc1nnc2ccccc2n1. The molecule has 1 aliphatic rings.